The second-order valence-corrected chi connectivity index (χ2v) is 10.8. The van der Waals surface area contributed by atoms with E-state index in [0.29, 0.717) is 50.3 Å². The molecule has 0 aliphatic carbocycles. The third-order valence-electron chi connectivity index (χ3n) is 7.65. The Morgan fingerprint density at radius 1 is 1.12 bits per heavy atom. The summed E-state index contributed by atoms with van der Waals surface area (Å²) in [5.74, 6) is 0.698. The summed E-state index contributed by atoms with van der Waals surface area (Å²) in [5.41, 5.74) is 2.45. The summed E-state index contributed by atoms with van der Waals surface area (Å²) in [6, 6.07) is 13.2. The largest absolute Gasteiger partial charge is 0.379 e. The van der Waals surface area contributed by atoms with E-state index in [1.54, 1.807) is 17.8 Å². The lowest BCUT2D eigenvalue weighted by Crippen LogP contribution is -2.51. The number of benzene rings is 2. The van der Waals surface area contributed by atoms with E-state index in [9.17, 15) is 14.0 Å². The van der Waals surface area contributed by atoms with E-state index in [2.05, 4.69) is 31.1 Å². The average Bonchev–Trinajstić information content (AvgIpc) is 3.41. The van der Waals surface area contributed by atoms with Gasteiger partial charge in [0.25, 0.3) is 0 Å². The lowest BCUT2D eigenvalue weighted by Gasteiger charge is -2.35. The molecule has 2 unspecified atom stereocenters. The zero-order valence-electron chi connectivity index (χ0n) is 23.3. The SMILES string of the molecule is Cn1nnnc1-c1cccc(NC(=O)NC(CC(=O)N2CCCC(Cc3ccc(F)cc3)C2)CN2CCOCC2)c1. The topological polar surface area (TPSA) is 118 Å². The van der Waals surface area contributed by atoms with Crippen LogP contribution in [0.1, 0.15) is 24.8 Å². The van der Waals surface area contributed by atoms with Gasteiger partial charge in [0, 0.05) is 57.4 Å². The summed E-state index contributed by atoms with van der Waals surface area (Å²) in [5, 5.41) is 17.5. The van der Waals surface area contributed by atoms with Crippen molar-refractivity contribution < 1.29 is 18.7 Å². The van der Waals surface area contributed by atoms with Gasteiger partial charge < -0.3 is 20.3 Å². The van der Waals surface area contributed by atoms with Crippen LogP contribution in [-0.4, -0.2) is 93.9 Å². The van der Waals surface area contributed by atoms with Crippen LogP contribution in [0, 0.1) is 11.7 Å². The van der Waals surface area contributed by atoms with Gasteiger partial charge >= 0.3 is 6.03 Å². The van der Waals surface area contributed by atoms with E-state index in [0.717, 1.165) is 43.5 Å². The Morgan fingerprint density at radius 3 is 2.68 bits per heavy atom. The number of nitrogens with zero attached hydrogens (tertiary/aromatic N) is 6. The number of piperidine rings is 1. The molecule has 0 bridgehead atoms. The zero-order valence-corrected chi connectivity index (χ0v) is 23.3. The number of tetrazole rings is 1. The lowest BCUT2D eigenvalue weighted by molar-refractivity contribution is -0.133. The van der Waals surface area contributed by atoms with E-state index in [-0.39, 0.29) is 30.2 Å². The normalized spacial score (nSPS) is 18.6. The van der Waals surface area contributed by atoms with Gasteiger partial charge in [-0.1, -0.05) is 24.3 Å². The number of morpholine rings is 1. The molecule has 3 amide bonds. The number of carbonyl (C=O) groups excluding carboxylic acids is 2. The number of hydrogen-bond donors (Lipinski definition) is 2. The molecule has 2 aromatic carbocycles. The molecular formula is C29H37FN8O3. The van der Waals surface area contributed by atoms with Gasteiger partial charge in [-0.05, 0) is 65.4 Å². The van der Waals surface area contributed by atoms with Crippen LogP contribution in [0.4, 0.5) is 14.9 Å². The van der Waals surface area contributed by atoms with Crippen LogP contribution < -0.4 is 10.6 Å². The zero-order chi connectivity index (χ0) is 28.6. The van der Waals surface area contributed by atoms with Crippen LogP contribution in [0.25, 0.3) is 11.4 Å². The van der Waals surface area contributed by atoms with Gasteiger partial charge in [-0.15, -0.1) is 5.10 Å². The van der Waals surface area contributed by atoms with Crippen LogP contribution in [0.15, 0.2) is 48.5 Å². The third-order valence-corrected chi connectivity index (χ3v) is 7.65. The van der Waals surface area contributed by atoms with Gasteiger partial charge in [-0.3, -0.25) is 9.69 Å². The molecule has 2 saturated heterocycles. The number of aryl methyl sites for hydroxylation is 1. The number of amides is 3. The fourth-order valence-corrected chi connectivity index (χ4v) is 5.57. The van der Waals surface area contributed by atoms with Crippen molar-refractivity contribution in [2.75, 3.05) is 51.3 Å². The summed E-state index contributed by atoms with van der Waals surface area (Å²) in [6.07, 6.45) is 2.98. The lowest BCUT2D eigenvalue weighted by atomic mass is 9.91. The van der Waals surface area contributed by atoms with Crippen molar-refractivity contribution in [1.29, 1.82) is 0 Å². The Balaban J connectivity index is 1.21. The highest BCUT2D eigenvalue weighted by Gasteiger charge is 2.28. The number of likely N-dealkylation sites (tertiary alicyclic amines) is 1. The number of aromatic nitrogens is 4. The maximum atomic E-state index is 13.5. The quantitative estimate of drug-likeness (QED) is 0.410. The second-order valence-electron chi connectivity index (χ2n) is 10.8. The Bertz CT molecular complexity index is 1310. The Labute approximate surface area is 239 Å². The smallest absolute Gasteiger partial charge is 0.319 e. The number of urea groups is 1. The van der Waals surface area contributed by atoms with Crippen LogP contribution >= 0.6 is 0 Å². The molecule has 2 aliphatic rings. The summed E-state index contributed by atoms with van der Waals surface area (Å²) in [4.78, 5) is 30.7. The van der Waals surface area contributed by atoms with Gasteiger partial charge in [0.05, 0.1) is 19.3 Å². The first-order valence-electron chi connectivity index (χ1n) is 14.2. The van der Waals surface area contributed by atoms with E-state index >= 15 is 0 Å². The number of rotatable bonds is 9. The molecule has 1 aromatic heterocycles. The van der Waals surface area contributed by atoms with E-state index in [1.165, 1.54) is 12.1 Å². The number of ether oxygens (including phenoxy) is 1. The monoisotopic (exact) mass is 564 g/mol. The predicted octanol–water partition coefficient (Wildman–Crippen LogP) is 2.71. The third kappa shape index (κ3) is 8.08. The van der Waals surface area contributed by atoms with Crippen molar-refractivity contribution in [3.8, 4) is 11.4 Å². The predicted molar refractivity (Wildman–Crippen MR) is 151 cm³/mol. The molecule has 0 spiro atoms. The van der Waals surface area contributed by atoms with Crippen molar-refractivity contribution in [3.63, 3.8) is 0 Å². The molecule has 2 atom stereocenters. The highest BCUT2D eigenvalue weighted by atomic mass is 19.1. The number of carbonyl (C=O) groups is 2. The molecular weight excluding hydrogens is 527 g/mol. The van der Waals surface area contributed by atoms with Gasteiger partial charge in [0.15, 0.2) is 5.82 Å². The minimum absolute atomic E-state index is 0.0316. The molecule has 3 heterocycles. The summed E-state index contributed by atoms with van der Waals surface area (Å²) in [6.45, 7) is 4.70. The highest BCUT2D eigenvalue weighted by molar-refractivity contribution is 5.90. The highest BCUT2D eigenvalue weighted by Crippen LogP contribution is 2.23. The maximum Gasteiger partial charge on any atom is 0.319 e. The summed E-state index contributed by atoms with van der Waals surface area (Å²) < 4.78 is 20.4. The Morgan fingerprint density at radius 2 is 1.93 bits per heavy atom. The molecule has 2 fully saturated rings. The number of hydrogen-bond acceptors (Lipinski definition) is 7. The maximum absolute atomic E-state index is 13.5. The van der Waals surface area contributed by atoms with Crippen molar-refractivity contribution in [3.05, 3.63) is 59.9 Å². The van der Waals surface area contributed by atoms with Gasteiger partial charge in [-0.2, -0.15) is 0 Å². The fourth-order valence-electron chi connectivity index (χ4n) is 5.57. The average molecular weight is 565 g/mol. The molecule has 218 valence electrons. The first-order valence-corrected chi connectivity index (χ1v) is 14.2. The van der Waals surface area contributed by atoms with Crippen LogP contribution in [0.3, 0.4) is 0 Å². The fraction of sp³-hybridized carbons (Fsp3) is 0.483. The minimum Gasteiger partial charge on any atom is -0.379 e. The van der Waals surface area contributed by atoms with E-state index in [4.69, 9.17) is 4.74 Å². The number of anilines is 1. The van der Waals surface area contributed by atoms with E-state index in [1.807, 2.05) is 35.2 Å². The number of halogens is 1. The second kappa shape index (κ2) is 13.6. The van der Waals surface area contributed by atoms with Crippen molar-refractivity contribution >= 4 is 17.6 Å². The number of nitrogens with one attached hydrogen (secondary N) is 2. The van der Waals surface area contributed by atoms with Gasteiger partial charge in [-0.25, -0.2) is 13.9 Å². The van der Waals surface area contributed by atoms with Crippen molar-refractivity contribution in [1.82, 2.24) is 35.3 Å². The molecule has 2 aliphatic heterocycles. The standard InChI is InChI=1S/C29H37FN8O3/c1-36-28(33-34-35-36)23-5-2-6-25(17-23)31-29(40)32-26(20-37-12-14-41-15-13-37)18-27(39)38-11-3-4-22(19-38)16-21-7-9-24(30)10-8-21/h2,5-10,17,22,26H,3-4,11-16,18-20H2,1H3,(H2,31,32,40). The van der Waals surface area contributed by atoms with Crippen LogP contribution in [-0.2, 0) is 23.0 Å². The molecule has 12 heteroatoms. The molecule has 41 heavy (non-hydrogen) atoms. The molecule has 11 nitrogen and oxygen atoms in total. The molecule has 0 radical (unpaired) electrons. The van der Waals surface area contributed by atoms with Crippen molar-refractivity contribution in [2.24, 2.45) is 13.0 Å². The minimum atomic E-state index is -0.378. The molecule has 5 rings (SSSR count). The molecule has 3 aromatic rings. The first kappa shape index (κ1) is 28.6. The van der Waals surface area contributed by atoms with Gasteiger partial charge in [0.2, 0.25) is 5.91 Å². The molecule has 0 saturated carbocycles. The Hall–Kier alpha value is -3.90. The van der Waals surface area contributed by atoms with Crippen molar-refractivity contribution in [2.45, 2.75) is 31.7 Å². The summed E-state index contributed by atoms with van der Waals surface area (Å²) in [7, 11) is 1.75. The first-order chi connectivity index (χ1) is 19.9. The van der Waals surface area contributed by atoms with Crippen LogP contribution in [0.5, 0.6) is 0 Å². The van der Waals surface area contributed by atoms with E-state index < -0.39 is 0 Å². The molecule has 2 N–H and O–H groups in total. The summed E-state index contributed by atoms with van der Waals surface area (Å²) >= 11 is 0. The Kier molecular flexibility index (Phi) is 9.52. The van der Waals surface area contributed by atoms with Crippen LogP contribution in [0.2, 0.25) is 0 Å². The van der Waals surface area contributed by atoms with Gasteiger partial charge in [0.1, 0.15) is 5.82 Å².